The molecule has 0 saturated carbocycles. The molecule has 68 valence electrons. The van der Waals surface area contributed by atoms with Crippen LogP contribution in [0.4, 0.5) is 0 Å². The van der Waals surface area contributed by atoms with E-state index in [4.69, 9.17) is 8.83 Å². The summed E-state index contributed by atoms with van der Waals surface area (Å²) < 4.78 is 11.5. The van der Waals surface area contributed by atoms with Crippen molar-refractivity contribution in [2.24, 2.45) is 0 Å². The van der Waals surface area contributed by atoms with Crippen LogP contribution in [0.1, 0.15) is 11.1 Å². The van der Waals surface area contributed by atoms with Crippen LogP contribution in [0.3, 0.4) is 0 Å². The van der Waals surface area contributed by atoms with Gasteiger partial charge in [-0.25, -0.2) is 0 Å². The van der Waals surface area contributed by atoms with E-state index in [1.807, 2.05) is 26.0 Å². The van der Waals surface area contributed by atoms with Crippen molar-refractivity contribution >= 4 is 15.9 Å². The molecule has 0 fully saturated rings. The molecule has 0 saturated heterocycles. The van der Waals surface area contributed by atoms with Crippen LogP contribution >= 0.6 is 15.9 Å². The third-order valence-electron chi connectivity index (χ3n) is 1.84. The molecule has 2 heterocycles. The fourth-order valence-corrected chi connectivity index (χ4v) is 1.74. The minimum absolute atomic E-state index is 0.731. The van der Waals surface area contributed by atoms with Crippen molar-refractivity contribution < 1.29 is 8.83 Å². The smallest absolute Gasteiger partial charge is 0.173 e. The van der Waals surface area contributed by atoms with Gasteiger partial charge in [-0.15, -0.1) is 0 Å². The quantitative estimate of drug-likeness (QED) is 0.756. The van der Waals surface area contributed by atoms with Gasteiger partial charge in [-0.05, 0) is 53.0 Å². The number of halogens is 1. The summed E-state index contributed by atoms with van der Waals surface area (Å²) in [6.45, 7) is 3.97. The van der Waals surface area contributed by atoms with E-state index < -0.39 is 0 Å². The van der Waals surface area contributed by atoms with Crippen molar-refractivity contribution in [1.29, 1.82) is 0 Å². The maximum Gasteiger partial charge on any atom is 0.173 e. The van der Waals surface area contributed by atoms with Crippen molar-refractivity contribution in [3.05, 3.63) is 34.2 Å². The number of aryl methyl sites for hydroxylation is 2. The van der Waals surface area contributed by atoms with E-state index in [0.717, 1.165) is 27.3 Å². The van der Waals surface area contributed by atoms with Crippen LogP contribution in [0.5, 0.6) is 0 Å². The van der Waals surface area contributed by atoms with Gasteiger partial charge in [0.25, 0.3) is 0 Å². The molecule has 0 aromatic carbocycles. The summed E-state index contributed by atoms with van der Waals surface area (Å²) in [6, 6.07) is 3.88. The van der Waals surface area contributed by atoms with Gasteiger partial charge in [0.15, 0.2) is 16.2 Å². The molecule has 2 rings (SSSR count). The summed E-state index contributed by atoms with van der Waals surface area (Å²) in [5.74, 6) is 1.57. The molecule has 0 aliphatic rings. The fraction of sp³-hybridized carbons (Fsp3) is 0.200. The molecule has 0 amide bonds. The average Bonchev–Trinajstić information content (AvgIpc) is 2.58. The van der Waals surface area contributed by atoms with Crippen LogP contribution in [0, 0.1) is 13.8 Å². The molecule has 3 heteroatoms. The molecule has 2 aromatic heterocycles. The zero-order valence-electron chi connectivity index (χ0n) is 7.43. The van der Waals surface area contributed by atoms with Crippen LogP contribution in [0.15, 0.2) is 31.9 Å². The number of hydrogen-bond acceptors (Lipinski definition) is 2. The minimum Gasteiger partial charge on any atom is -0.461 e. The molecule has 2 aromatic rings. The molecule has 0 radical (unpaired) electrons. The van der Waals surface area contributed by atoms with E-state index in [1.54, 1.807) is 6.26 Å². The normalized spacial score (nSPS) is 10.7. The first-order valence-electron chi connectivity index (χ1n) is 3.98. The number of furan rings is 2. The highest BCUT2D eigenvalue weighted by molar-refractivity contribution is 9.10. The molecule has 13 heavy (non-hydrogen) atoms. The lowest BCUT2D eigenvalue weighted by Gasteiger charge is -1.90. The lowest BCUT2D eigenvalue weighted by Crippen LogP contribution is -1.70. The zero-order valence-corrected chi connectivity index (χ0v) is 9.01. The first-order chi connectivity index (χ1) is 6.16. The second-order valence-corrected chi connectivity index (χ2v) is 3.83. The van der Waals surface area contributed by atoms with Gasteiger partial charge in [-0.2, -0.15) is 0 Å². The molecule has 0 aliphatic heterocycles. The lowest BCUT2D eigenvalue weighted by atomic mass is 10.2. The van der Waals surface area contributed by atoms with Gasteiger partial charge in [-0.1, -0.05) is 0 Å². The first kappa shape index (κ1) is 8.63. The van der Waals surface area contributed by atoms with Crippen molar-refractivity contribution in [1.82, 2.24) is 0 Å². The van der Waals surface area contributed by atoms with Gasteiger partial charge in [0.05, 0.1) is 6.26 Å². The number of rotatable bonds is 1. The Morgan fingerprint density at radius 2 is 2.00 bits per heavy atom. The van der Waals surface area contributed by atoms with Crippen molar-refractivity contribution in [3.63, 3.8) is 0 Å². The van der Waals surface area contributed by atoms with Gasteiger partial charge < -0.3 is 8.83 Å². The molecule has 0 atom stereocenters. The Kier molecular flexibility index (Phi) is 2.04. The Hall–Kier alpha value is -0.960. The van der Waals surface area contributed by atoms with Gasteiger partial charge in [0, 0.05) is 0 Å². The third kappa shape index (κ3) is 1.56. The van der Waals surface area contributed by atoms with Gasteiger partial charge >= 0.3 is 0 Å². The van der Waals surface area contributed by atoms with Crippen LogP contribution < -0.4 is 0 Å². The zero-order chi connectivity index (χ0) is 9.42. The molecule has 0 bridgehead atoms. The standard InChI is InChI=1S/C10H9BrO2/c1-6-3-8(12-5-6)10-7(2)4-9(11)13-10/h3-5H,1-2H3. The summed E-state index contributed by atoms with van der Waals surface area (Å²) in [7, 11) is 0. The van der Waals surface area contributed by atoms with Gasteiger partial charge in [0.1, 0.15) is 0 Å². The van der Waals surface area contributed by atoms with Crippen molar-refractivity contribution in [3.8, 4) is 11.5 Å². The first-order valence-corrected chi connectivity index (χ1v) is 4.77. The Bertz CT molecular complexity index is 426. The van der Waals surface area contributed by atoms with E-state index in [1.165, 1.54) is 0 Å². The van der Waals surface area contributed by atoms with Crippen molar-refractivity contribution in [2.75, 3.05) is 0 Å². The molecular weight excluding hydrogens is 232 g/mol. The maximum atomic E-state index is 5.44. The molecular formula is C10H9BrO2. The molecule has 0 aliphatic carbocycles. The largest absolute Gasteiger partial charge is 0.461 e. The van der Waals surface area contributed by atoms with E-state index in [-0.39, 0.29) is 0 Å². The van der Waals surface area contributed by atoms with Crippen LogP contribution in [0.25, 0.3) is 11.5 Å². The predicted molar refractivity (Wildman–Crippen MR) is 53.6 cm³/mol. The summed E-state index contributed by atoms with van der Waals surface area (Å²) in [5.41, 5.74) is 2.17. The maximum absolute atomic E-state index is 5.44. The van der Waals surface area contributed by atoms with Gasteiger partial charge in [0.2, 0.25) is 0 Å². The minimum atomic E-state index is 0.731. The highest BCUT2D eigenvalue weighted by Crippen LogP contribution is 2.30. The van der Waals surface area contributed by atoms with Crippen LogP contribution in [-0.4, -0.2) is 0 Å². The summed E-state index contributed by atoms with van der Waals surface area (Å²) in [6.07, 6.45) is 1.71. The fourth-order valence-electron chi connectivity index (χ4n) is 1.24. The van der Waals surface area contributed by atoms with Gasteiger partial charge in [-0.3, -0.25) is 0 Å². The highest BCUT2D eigenvalue weighted by atomic mass is 79.9. The summed E-state index contributed by atoms with van der Waals surface area (Å²) in [4.78, 5) is 0. The SMILES string of the molecule is Cc1coc(-c2oc(Br)cc2C)c1. The van der Waals surface area contributed by atoms with E-state index in [0.29, 0.717) is 0 Å². The van der Waals surface area contributed by atoms with E-state index in [2.05, 4.69) is 15.9 Å². The average molecular weight is 241 g/mol. The molecule has 2 nitrogen and oxygen atoms in total. The number of hydrogen-bond donors (Lipinski definition) is 0. The summed E-state index contributed by atoms with van der Waals surface area (Å²) >= 11 is 3.28. The molecule has 0 unspecified atom stereocenters. The Balaban J connectivity index is 2.51. The van der Waals surface area contributed by atoms with Crippen molar-refractivity contribution in [2.45, 2.75) is 13.8 Å². The monoisotopic (exact) mass is 240 g/mol. The second-order valence-electron chi connectivity index (χ2n) is 3.05. The van der Waals surface area contributed by atoms with Crippen LogP contribution in [0.2, 0.25) is 0 Å². The summed E-state index contributed by atoms with van der Waals surface area (Å²) in [5, 5.41) is 0. The predicted octanol–water partition coefficient (Wildman–Crippen LogP) is 3.92. The second kappa shape index (κ2) is 3.07. The van der Waals surface area contributed by atoms with E-state index >= 15 is 0 Å². The van der Waals surface area contributed by atoms with E-state index in [9.17, 15) is 0 Å². The molecule has 0 N–H and O–H groups in total. The third-order valence-corrected chi connectivity index (χ3v) is 2.23. The lowest BCUT2D eigenvalue weighted by molar-refractivity contribution is 0.509. The highest BCUT2D eigenvalue weighted by Gasteiger charge is 2.11. The topological polar surface area (TPSA) is 26.3 Å². The Morgan fingerprint density at radius 3 is 2.46 bits per heavy atom. The Morgan fingerprint density at radius 1 is 1.23 bits per heavy atom. The molecule has 0 spiro atoms. The Labute approximate surface area is 84.7 Å². The van der Waals surface area contributed by atoms with Crippen LogP contribution in [-0.2, 0) is 0 Å².